The SMILES string of the molecule is CC(C)(C)c1nnc(N2C(=O)N(CCCl)CC2OC(=O)CCCl)s1. The molecule has 0 N–H and O–H groups in total. The predicted octanol–water partition coefficient (Wildman–Crippen LogP) is 2.81. The monoisotopic (exact) mass is 394 g/mol. The topological polar surface area (TPSA) is 75.6 Å². The van der Waals surface area contributed by atoms with Crippen molar-refractivity contribution in [1.29, 1.82) is 0 Å². The van der Waals surface area contributed by atoms with E-state index in [9.17, 15) is 9.59 Å². The number of hydrogen-bond donors (Lipinski definition) is 0. The average molecular weight is 395 g/mol. The summed E-state index contributed by atoms with van der Waals surface area (Å²) in [7, 11) is 0. The maximum absolute atomic E-state index is 12.6. The molecule has 2 amide bonds. The zero-order valence-electron chi connectivity index (χ0n) is 13.8. The fourth-order valence-electron chi connectivity index (χ4n) is 2.11. The first-order valence-electron chi connectivity index (χ1n) is 7.51. The lowest BCUT2D eigenvalue weighted by Crippen LogP contribution is -2.37. The van der Waals surface area contributed by atoms with E-state index in [1.54, 1.807) is 0 Å². The molecule has 0 aliphatic carbocycles. The molecule has 0 aromatic carbocycles. The van der Waals surface area contributed by atoms with Crippen LogP contribution in [-0.2, 0) is 14.9 Å². The molecule has 1 saturated heterocycles. The average Bonchev–Trinajstić information content (AvgIpc) is 3.05. The molecule has 24 heavy (non-hydrogen) atoms. The fraction of sp³-hybridized carbons (Fsp3) is 0.714. The van der Waals surface area contributed by atoms with Crippen LogP contribution in [-0.4, -0.2) is 58.2 Å². The second kappa shape index (κ2) is 7.84. The highest BCUT2D eigenvalue weighted by atomic mass is 35.5. The Hall–Kier alpha value is -1.12. The molecule has 1 atom stereocenters. The van der Waals surface area contributed by atoms with Gasteiger partial charge in [0.2, 0.25) is 11.4 Å². The molecule has 2 heterocycles. The van der Waals surface area contributed by atoms with Crippen molar-refractivity contribution in [3.05, 3.63) is 5.01 Å². The summed E-state index contributed by atoms with van der Waals surface area (Å²) in [5, 5.41) is 9.47. The minimum absolute atomic E-state index is 0.0823. The summed E-state index contributed by atoms with van der Waals surface area (Å²) in [6.07, 6.45) is -0.670. The van der Waals surface area contributed by atoms with Crippen LogP contribution in [0.25, 0.3) is 0 Å². The maximum atomic E-state index is 12.6. The predicted molar refractivity (Wildman–Crippen MR) is 94.0 cm³/mol. The molecule has 134 valence electrons. The summed E-state index contributed by atoms with van der Waals surface area (Å²) in [6.45, 7) is 6.65. The molecule has 1 aliphatic heterocycles. The maximum Gasteiger partial charge on any atom is 0.329 e. The second-order valence-corrected chi connectivity index (χ2v) is 8.02. The summed E-state index contributed by atoms with van der Waals surface area (Å²) < 4.78 is 5.40. The standard InChI is InChI=1S/C14H20Cl2N4O3S/c1-14(2,3)11-17-18-12(24-11)20-9(23-10(21)4-5-15)8-19(7-6-16)13(20)22/h9H,4-8H2,1-3H3. The van der Waals surface area contributed by atoms with Gasteiger partial charge in [0.05, 0.1) is 13.0 Å². The van der Waals surface area contributed by atoms with E-state index in [1.165, 1.54) is 21.1 Å². The highest BCUT2D eigenvalue weighted by molar-refractivity contribution is 7.15. The van der Waals surface area contributed by atoms with E-state index in [2.05, 4.69) is 10.2 Å². The molecule has 1 aromatic rings. The first kappa shape index (κ1) is 19.2. The zero-order chi connectivity index (χ0) is 17.9. The van der Waals surface area contributed by atoms with Gasteiger partial charge in [0, 0.05) is 23.7 Å². The zero-order valence-corrected chi connectivity index (χ0v) is 16.1. The molecule has 0 bridgehead atoms. The second-order valence-electron chi connectivity index (χ2n) is 6.31. The van der Waals surface area contributed by atoms with Gasteiger partial charge in [-0.2, -0.15) is 0 Å². The number of aromatic nitrogens is 2. The summed E-state index contributed by atoms with van der Waals surface area (Å²) in [5.41, 5.74) is -0.181. The Balaban J connectivity index is 2.25. The van der Waals surface area contributed by atoms with Gasteiger partial charge in [-0.3, -0.25) is 4.79 Å². The molecule has 2 rings (SSSR count). The minimum atomic E-state index is -0.753. The number of ether oxygens (including phenoxy) is 1. The number of hydrogen-bond acceptors (Lipinski definition) is 6. The number of esters is 1. The van der Waals surface area contributed by atoms with E-state index in [4.69, 9.17) is 27.9 Å². The molecule has 1 fully saturated rings. The van der Waals surface area contributed by atoms with Crippen LogP contribution in [0.3, 0.4) is 0 Å². The first-order valence-corrected chi connectivity index (χ1v) is 9.40. The van der Waals surface area contributed by atoms with Gasteiger partial charge < -0.3 is 9.64 Å². The van der Waals surface area contributed by atoms with Crippen molar-refractivity contribution in [3.8, 4) is 0 Å². The van der Waals surface area contributed by atoms with Crippen molar-refractivity contribution in [2.75, 3.05) is 29.7 Å². The van der Waals surface area contributed by atoms with Crippen molar-refractivity contribution in [2.45, 2.75) is 38.8 Å². The summed E-state index contributed by atoms with van der Waals surface area (Å²) in [4.78, 5) is 27.3. The van der Waals surface area contributed by atoms with Crippen LogP contribution in [0.1, 0.15) is 32.2 Å². The number of amides is 2. The van der Waals surface area contributed by atoms with Crippen LogP contribution >= 0.6 is 34.5 Å². The van der Waals surface area contributed by atoms with E-state index in [-0.39, 0.29) is 30.3 Å². The lowest BCUT2D eigenvalue weighted by atomic mass is 9.98. The third-order valence-corrected chi connectivity index (χ3v) is 5.03. The Morgan fingerprint density at radius 2 is 2.04 bits per heavy atom. The summed E-state index contributed by atoms with van der Waals surface area (Å²) >= 11 is 12.6. The van der Waals surface area contributed by atoms with Crippen molar-refractivity contribution >= 4 is 51.7 Å². The highest BCUT2D eigenvalue weighted by Gasteiger charge is 2.42. The number of rotatable bonds is 6. The lowest BCUT2D eigenvalue weighted by molar-refractivity contribution is -0.147. The third kappa shape index (κ3) is 4.29. The number of halogens is 2. The van der Waals surface area contributed by atoms with Crippen molar-refractivity contribution in [3.63, 3.8) is 0 Å². The smallest absolute Gasteiger partial charge is 0.329 e. The number of alkyl halides is 2. The summed E-state index contributed by atoms with van der Waals surface area (Å²) in [6, 6.07) is -0.295. The number of carbonyl (C=O) groups is 2. The molecule has 1 unspecified atom stereocenters. The number of carbonyl (C=O) groups excluding carboxylic acids is 2. The van der Waals surface area contributed by atoms with Gasteiger partial charge in [-0.1, -0.05) is 32.1 Å². The normalized spacial score (nSPS) is 18.4. The van der Waals surface area contributed by atoms with Crippen molar-refractivity contribution < 1.29 is 14.3 Å². The Labute approximate surface area is 154 Å². The quantitative estimate of drug-likeness (QED) is 0.547. The van der Waals surface area contributed by atoms with Crippen LogP contribution in [0, 0.1) is 0 Å². The van der Waals surface area contributed by atoms with E-state index < -0.39 is 12.2 Å². The molecule has 0 spiro atoms. The van der Waals surface area contributed by atoms with Crippen molar-refractivity contribution in [2.24, 2.45) is 0 Å². The van der Waals surface area contributed by atoms with Gasteiger partial charge in [-0.25, -0.2) is 9.69 Å². The third-order valence-electron chi connectivity index (χ3n) is 3.32. The number of anilines is 1. The fourth-order valence-corrected chi connectivity index (χ4v) is 3.41. The van der Waals surface area contributed by atoms with Crippen LogP contribution in [0.4, 0.5) is 9.93 Å². The molecular formula is C14H20Cl2N4O3S. The Morgan fingerprint density at radius 3 is 2.58 bits per heavy atom. The van der Waals surface area contributed by atoms with Crippen LogP contribution in [0.5, 0.6) is 0 Å². The van der Waals surface area contributed by atoms with Crippen LogP contribution < -0.4 is 4.90 Å². The Morgan fingerprint density at radius 1 is 1.33 bits per heavy atom. The molecule has 1 aromatic heterocycles. The van der Waals surface area contributed by atoms with Gasteiger partial charge in [0.25, 0.3) is 0 Å². The molecular weight excluding hydrogens is 375 g/mol. The van der Waals surface area contributed by atoms with E-state index in [0.29, 0.717) is 17.6 Å². The van der Waals surface area contributed by atoms with E-state index in [0.717, 1.165) is 5.01 Å². The Kier molecular flexibility index (Phi) is 6.28. The van der Waals surface area contributed by atoms with Gasteiger partial charge in [-0.05, 0) is 0 Å². The minimum Gasteiger partial charge on any atom is -0.439 e. The Bertz CT molecular complexity index is 605. The summed E-state index contributed by atoms with van der Waals surface area (Å²) in [5.74, 6) is 0.00414. The van der Waals surface area contributed by atoms with E-state index in [1.807, 2.05) is 20.8 Å². The molecule has 7 nitrogen and oxygen atoms in total. The first-order chi connectivity index (χ1) is 11.3. The molecule has 0 radical (unpaired) electrons. The number of urea groups is 1. The van der Waals surface area contributed by atoms with E-state index >= 15 is 0 Å². The van der Waals surface area contributed by atoms with Gasteiger partial charge >= 0.3 is 12.0 Å². The lowest BCUT2D eigenvalue weighted by Gasteiger charge is -2.20. The number of nitrogens with zero attached hydrogens (tertiary/aromatic N) is 4. The molecule has 0 saturated carbocycles. The van der Waals surface area contributed by atoms with Gasteiger partial charge in [-0.15, -0.1) is 33.4 Å². The van der Waals surface area contributed by atoms with Crippen LogP contribution in [0.15, 0.2) is 0 Å². The van der Waals surface area contributed by atoms with Crippen LogP contribution in [0.2, 0.25) is 0 Å². The molecule has 10 heteroatoms. The van der Waals surface area contributed by atoms with Gasteiger partial charge in [0.1, 0.15) is 5.01 Å². The molecule has 1 aliphatic rings. The van der Waals surface area contributed by atoms with Crippen molar-refractivity contribution in [1.82, 2.24) is 15.1 Å². The highest BCUT2D eigenvalue weighted by Crippen LogP contribution is 2.33. The largest absolute Gasteiger partial charge is 0.439 e. The van der Waals surface area contributed by atoms with Gasteiger partial charge in [0.15, 0.2) is 0 Å².